The molecule has 2 heteroatoms. The number of unbranched alkanes of at least 4 members (excludes halogenated alkanes) is 10. The van der Waals surface area contributed by atoms with Gasteiger partial charge in [0.1, 0.15) is 0 Å². The van der Waals surface area contributed by atoms with Crippen molar-refractivity contribution in [2.45, 2.75) is 136 Å². The van der Waals surface area contributed by atoms with Gasteiger partial charge in [-0.1, -0.05) is 118 Å². The lowest BCUT2D eigenvalue weighted by atomic mass is 10.1. The van der Waals surface area contributed by atoms with Crippen molar-refractivity contribution in [1.29, 1.82) is 0 Å². The van der Waals surface area contributed by atoms with Crippen molar-refractivity contribution in [3.8, 4) is 0 Å². The molecule has 0 rings (SSSR count). The highest BCUT2D eigenvalue weighted by atomic mass is 24.5. The Morgan fingerprint density at radius 1 is 0.333 bits per heavy atom. The van der Waals surface area contributed by atoms with E-state index in [2.05, 4.69) is 27.7 Å². The first-order chi connectivity index (χ1) is 11.8. The molecular weight excluding hydrogens is 313 g/mol. The lowest BCUT2D eigenvalue weighted by molar-refractivity contribution is 0.623. The topological polar surface area (TPSA) is 0 Å². The predicted octanol–water partition coefficient (Wildman–Crippen LogP) is 8.60. The highest BCUT2D eigenvalue weighted by Crippen LogP contribution is 2.08. The lowest BCUT2D eigenvalue weighted by Crippen LogP contribution is -1.89. The summed E-state index contributed by atoms with van der Waals surface area (Å²) in [7, 11) is 0. The third-order valence-electron chi connectivity index (χ3n) is 4.91. The van der Waals surface area contributed by atoms with Crippen molar-refractivity contribution >= 4 is 40.7 Å². The summed E-state index contributed by atoms with van der Waals surface area (Å²) in [6.07, 6.45) is 20.5. The first-order valence-corrected chi connectivity index (χ1v) is 15.8. The van der Waals surface area contributed by atoms with Gasteiger partial charge in [-0.3, -0.25) is 0 Å². The molecule has 0 aromatic rings. The standard InChI is InChI=1S/C8H17.2C5H11.C4H9.2Mg/c1-3-5-7-8-6-4-2;2*1-3-5-4-2;1-3-4-2;;/h1,3-8H2,2H3;2*1,3-5H2,2H3;1,3-4H2,2H3;;. The summed E-state index contributed by atoms with van der Waals surface area (Å²) in [5.74, 6) is 0. The second-order valence-corrected chi connectivity index (χ2v) is 11.9. The van der Waals surface area contributed by atoms with Crippen molar-refractivity contribution < 1.29 is 0 Å². The zero-order valence-electron chi connectivity index (χ0n) is 18.1. The van der Waals surface area contributed by atoms with Crippen molar-refractivity contribution in [2.75, 3.05) is 0 Å². The fourth-order valence-corrected chi connectivity index (χ4v) is 6.80. The molecule has 24 heavy (non-hydrogen) atoms. The van der Waals surface area contributed by atoms with Crippen LogP contribution in [0.1, 0.15) is 118 Å². The normalized spacial score (nSPS) is 9.83. The molecule has 0 aliphatic heterocycles. The molecule has 0 saturated heterocycles. The summed E-state index contributed by atoms with van der Waals surface area (Å²) in [5.41, 5.74) is 0. The van der Waals surface area contributed by atoms with Crippen LogP contribution in [-0.4, -0.2) is 40.7 Å². The van der Waals surface area contributed by atoms with Crippen LogP contribution in [0.5, 0.6) is 0 Å². The molecule has 0 aliphatic rings. The van der Waals surface area contributed by atoms with Gasteiger partial charge in [0, 0.05) is 0 Å². The molecule has 140 valence electrons. The van der Waals surface area contributed by atoms with Gasteiger partial charge in [0.2, 0.25) is 0 Å². The molecule has 0 bridgehead atoms. The summed E-state index contributed by atoms with van der Waals surface area (Å²) < 4.78 is 6.44. The van der Waals surface area contributed by atoms with Crippen molar-refractivity contribution in [3.05, 3.63) is 0 Å². The average Bonchev–Trinajstić information content (AvgIpc) is 2.60. The summed E-state index contributed by atoms with van der Waals surface area (Å²) >= 11 is 0.732. The van der Waals surface area contributed by atoms with Crippen LogP contribution in [-0.2, 0) is 0 Å². The molecule has 0 saturated carbocycles. The van der Waals surface area contributed by atoms with Gasteiger partial charge in [0.25, 0.3) is 0 Å². The predicted molar refractivity (Wildman–Crippen MR) is 118 cm³/mol. The first kappa shape index (κ1) is 27.7. The van der Waals surface area contributed by atoms with E-state index in [0.717, 1.165) is 0 Å². The maximum absolute atomic E-state index is 2.30. The minimum absolute atomic E-state index is 0.361. The SMILES string of the molecule is CCCCCCC[CH2][Mg][CH2]CCC.CCCC[CH2][Mg][CH2]CCCC. The van der Waals surface area contributed by atoms with E-state index >= 15 is 0 Å². The molecule has 0 fully saturated rings. The summed E-state index contributed by atoms with van der Waals surface area (Å²) in [4.78, 5) is 0. The van der Waals surface area contributed by atoms with Gasteiger partial charge in [0.15, 0.2) is 0 Å². The Kier molecular flexibility index (Phi) is 33.9. The van der Waals surface area contributed by atoms with Crippen LogP contribution in [0.3, 0.4) is 0 Å². The largest absolute Gasteiger partial charge is 0.364 e. The van der Waals surface area contributed by atoms with E-state index in [1.165, 1.54) is 83.5 Å². The maximum Gasteiger partial charge on any atom is 0.364 e. The Morgan fingerprint density at radius 3 is 1.08 bits per heavy atom. The van der Waals surface area contributed by atoms with Crippen LogP contribution in [0.25, 0.3) is 0 Å². The lowest BCUT2D eigenvalue weighted by Gasteiger charge is -1.99. The summed E-state index contributed by atoms with van der Waals surface area (Å²) in [6.45, 7) is 9.17. The van der Waals surface area contributed by atoms with E-state index < -0.39 is 0 Å². The van der Waals surface area contributed by atoms with Gasteiger partial charge in [-0.25, -0.2) is 0 Å². The fraction of sp³-hybridized carbons (Fsp3) is 1.00. The Labute approximate surface area is 175 Å². The third kappa shape index (κ3) is 31.3. The molecule has 0 spiro atoms. The van der Waals surface area contributed by atoms with E-state index in [0.29, 0.717) is 40.7 Å². The highest BCUT2D eigenvalue weighted by molar-refractivity contribution is 6.35. The van der Waals surface area contributed by atoms with Crippen LogP contribution >= 0.6 is 0 Å². The van der Waals surface area contributed by atoms with E-state index in [1.807, 2.05) is 0 Å². The molecule has 0 aromatic carbocycles. The molecule has 0 nitrogen and oxygen atoms in total. The van der Waals surface area contributed by atoms with Gasteiger partial charge in [-0.15, -0.1) is 18.2 Å². The Morgan fingerprint density at radius 2 is 0.625 bits per heavy atom. The third-order valence-corrected chi connectivity index (χ3v) is 8.91. The van der Waals surface area contributed by atoms with Crippen molar-refractivity contribution in [1.82, 2.24) is 0 Å². The van der Waals surface area contributed by atoms with Crippen LogP contribution in [0.2, 0.25) is 18.2 Å². The zero-order chi connectivity index (χ0) is 18.1. The van der Waals surface area contributed by atoms with Gasteiger partial charge >= 0.3 is 40.7 Å². The maximum atomic E-state index is 2.30. The minimum Gasteiger partial charge on any atom is -0.146 e. The molecular formula is C22H48Mg2. The molecule has 0 aromatic heterocycles. The minimum atomic E-state index is 0.361. The number of hydrogen-bond donors (Lipinski definition) is 0. The van der Waals surface area contributed by atoms with E-state index in [4.69, 9.17) is 0 Å². The summed E-state index contributed by atoms with van der Waals surface area (Å²) in [5, 5.41) is 0. The van der Waals surface area contributed by atoms with Crippen LogP contribution in [0, 0.1) is 0 Å². The molecule has 0 amide bonds. The van der Waals surface area contributed by atoms with Gasteiger partial charge < -0.3 is 0 Å². The number of rotatable bonds is 18. The van der Waals surface area contributed by atoms with E-state index in [9.17, 15) is 0 Å². The molecule has 0 unspecified atom stereocenters. The van der Waals surface area contributed by atoms with E-state index in [-0.39, 0.29) is 0 Å². The second-order valence-electron chi connectivity index (χ2n) is 7.66. The molecule has 0 N–H and O–H groups in total. The van der Waals surface area contributed by atoms with Crippen molar-refractivity contribution in [3.63, 3.8) is 0 Å². The zero-order valence-corrected chi connectivity index (χ0v) is 21.0. The Hall–Kier alpha value is 1.53. The average molecular weight is 361 g/mol. The molecule has 0 atom stereocenters. The fourth-order valence-electron chi connectivity index (χ4n) is 3.12. The van der Waals surface area contributed by atoms with Crippen molar-refractivity contribution in [2.24, 2.45) is 0 Å². The molecule has 0 aliphatic carbocycles. The summed E-state index contributed by atoms with van der Waals surface area (Å²) in [6, 6.07) is 0. The van der Waals surface area contributed by atoms with Gasteiger partial charge in [0.05, 0.1) is 0 Å². The Bertz CT molecular complexity index is 165. The first-order valence-electron chi connectivity index (χ1n) is 11.8. The van der Waals surface area contributed by atoms with Crippen LogP contribution in [0.15, 0.2) is 0 Å². The van der Waals surface area contributed by atoms with Crippen LogP contribution < -0.4 is 0 Å². The quantitative estimate of drug-likeness (QED) is 0.169. The Balaban J connectivity index is 0. The monoisotopic (exact) mass is 360 g/mol. The van der Waals surface area contributed by atoms with E-state index in [1.54, 1.807) is 24.6 Å². The molecule has 0 heterocycles. The van der Waals surface area contributed by atoms with Gasteiger partial charge in [-0.2, -0.15) is 0 Å². The molecule has 0 radical (unpaired) electrons. The van der Waals surface area contributed by atoms with Gasteiger partial charge in [-0.05, 0) is 0 Å². The van der Waals surface area contributed by atoms with Crippen LogP contribution in [0.4, 0.5) is 0 Å². The highest BCUT2D eigenvalue weighted by Gasteiger charge is 1.95. The number of hydrogen-bond acceptors (Lipinski definition) is 0. The smallest absolute Gasteiger partial charge is 0.146 e. The second kappa shape index (κ2) is 29.3.